The summed E-state index contributed by atoms with van der Waals surface area (Å²) >= 11 is 0. The molecule has 17 nitrogen and oxygen atoms in total. The van der Waals surface area contributed by atoms with Crippen LogP contribution in [0, 0.1) is 0 Å². The first-order valence-corrected chi connectivity index (χ1v) is 41.4. The highest BCUT2D eigenvalue weighted by atomic mass is 31.2. The maximum absolute atomic E-state index is 13.1. The summed E-state index contributed by atoms with van der Waals surface area (Å²) in [7, 11) is -9.98. The van der Waals surface area contributed by atoms with Crippen molar-refractivity contribution in [3.63, 3.8) is 0 Å². The number of carbonyl (C=O) groups is 4. The van der Waals surface area contributed by atoms with Crippen molar-refractivity contribution < 1.29 is 80.2 Å². The molecule has 0 fully saturated rings. The van der Waals surface area contributed by atoms with Gasteiger partial charge in [0.25, 0.3) is 0 Å². The fourth-order valence-electron chi connectivity index (χ4n) is 9.81. The number of allylic oxidation sites excluding steroid dienone is 22. The van der Waals surface area contributed by atoms with Crippen LogP contribution in [0.25, 0.3) is 0 Å². The van der Waals surface area contributed by atoms with Crippen molar-refractivity contribution in [3.8, 4) is 0 Å². The maximum atomic E-state index is 13.1. The van der Waals surface area contributed by atoms with E-state index in [9.17, 15) is 43.2 Å². The Morgan fingerprint density at radius 1 is 0.290 bits per heavy atom. The van der Waals surface area contributed by atoms with Crippen molar-refractivity contribution in [2.45, 2.75) is 316 Å². The van der Waals surface area contributed by atoms with Gasteiger partial charge in [-0.25, -0.2) is 9.13 Å². The van der Waals surface area contributed by atoms with Gasteiger partial charge in [-0.1, -0.05) is 271 Å². The summed E-state index contributed by atoms with van der Waals surface area (Å²) in [6.45, 7) is 4.50. The molecule has 3 N–H and O–H groups in total. The predicted octanol–water partition coefficient (Wildman–Crippen LogP) is 22.1. The average molecular weight is 1440 g/mol. The Morgan fingerprint density at radius 3 is 0.860 bits per heavy atom. The van der Waals surface area contributed by atoms with Crippen LogP contribution in [0.4, 0.5) is 0 Å². The molecule has 0 radical (unpaired) electrons. The zero-order valence-corrected chi connectivity index (χ0v) is 64.1. The molecule has 0 aliphatic rings. The number of rotatable bonds is 71. The van der Waals surface area contributed by atoms with Crippen molar-refractivity contribution in [2.24, 2.45) is 0 Å². The second-order valence-corrected chi connectivity index (χ2v) is 28.1. The molecular formula is C81H136O17P2. The largest absolute Gasteiger partial charge is 0.472 e. The summed E-state index contributed by atoms with van der Waals surface area (Å²) < 4.78 is 68.4. The second-order valence-electron chi connectivity index (χ2n) is 25.2. The quantitative estimate of drug-likeness (QED) is 0.0169. The van der Waals surface area contributed by atoms with Crippen molar-refractivity contribution in [3.05, 3.63) is 134 Å². The highest BCUT2D eigenvalue weighted by molar-refractivity contribution is 7.47. The summed E-state index contributed by atoms with van der Waals surface area (Å²) in [5.74, 6) is -2.28. The summed E-state index contributed by atoms with van der Waals surface area (Å²) in [5.41, 5.74) is 0. The van der Waals surface area contributed by atoms with E-state index < -0.39 is 97.5 Å². The number of hydrogen-bond donors (Lipinski definition) is 3. The minimum Gasteiger partial charge on any atom is -0.462 e. The molecule has 100 heavy (non-hydrogen) atoms. The first-order valence-electron chi connectivity index (χ1n) is 38.4. The van der Waals surface area contributed by atoms with Crippen LogP contribution in [0.2, 0.25) is 0 Å². The van der Waals surface area contributed by atoms with Crippen LogP contribution in [0.5, 0.6) is 0 Å². The maximum Gasteiger partial charge on any atom is 0.472 e. The molecule has 0 amide bonds. The molecule has 0 saturated carbocycles. The monoisotopic (exact) mass is 1440 g/mol. The summed E-state index contributed by atoms with van der Waals surface area (Å²) in [6.07, 6.45) is 80.2. The third-order valence-corrected chi connectivity index (χ3v) is 17.5. The van der Waals surface area contributed by atoms with E-state index in [1.165, 1.54) is 57.8 Å². The number of carbonyl (C=O) groups excluding carboxylic acids is 4. The summed E-state index contributed by atoms with van der Waals surface area (Å²) in [6, 6.07) is 0. The minimum atomic E-state index is -4.99. The van der Waals surface area contributed by atoms with Gasteiger partial charge < -0.3 is 33.8 Å². The number of ether oxygens (including phenoxy) is 4. The normalized spacial score (nSPS) is 14.7. The van der Waals surface area contributed by atoms with Crippen molar-refractivity contribution in [1.29, 1.82) is 0 Å². The van der Waals surface area contributed by atoms with E-state index in [2.05, 4.69) is 149 Å². The molecule has 0 spiro atoms. The number of aliphatic hydroxyl groups is 1. The molecule has 0 aliphatic heterocycles. The third kappa shape index (κ3) is 71.6. The Labute approximate surface area is 605 Å². The van der Waals surface area contributed by atoms with Crippen LogP contribution in [-0.4, -0.2) is 96.7 Å². The van der Waals surface area contributed by atoms with E-state index in [1.54, 1.807) is 0 Å². The lowest BCUT2D eigenvalue weighted by Crippen LogP contribution is -2.30. The molecule has 572 valence electrons. The van der Waals surface area contributed by atoms with Crippen LogP contribution in [0.15, 0.2) is 134 Å². The Kier molecular flexibility index (Phi) is 69.1. The molecule has 0 aliphatic carbocycles. The van der Waals surface area contributed by atoms with Gasteiger partial charge >= 0.3 is 39.5 Å². The van der Waals surface area contributed by atoms with Gasteiger partial charge in [0.15, 0.2) is 12.2 Å². The SMILES string of the molecule is CC/C=C\C/C=C\C/C=C\C/C=C\C/C=C\CCCC(=O)OCC(COP(=O)(O)OCC(O)COP(=O)(O)OCC(COC(=O)CCCCCC/C=C\C/C=C\C/C=C\C/C=C\CC)OC(=O)CCCCCCC/C=C\C/C=C\CCCCC)OC(=O)CCCCCCCCCCCCC. The number of esters is 4. The van der Waals surface area contributed by atoms with Crippen LogP contribution in [0.1, 0.15) is 297 Å². The molecular weight excluding hydrogens is 1310 g/mol. The second kappa shape index (κ2) is 72.5. The topological polar surface area (TPSA) is 237 Å². The fourth-order valence-corrected chi connectivity index (χ4v) is 11.4. The number of phosphoric acid groups is 2. The smallest absolute Gasteiger partial charge is 0.462 e. The zero-order chi connectivity index (χ0) is 73.2. The molecule has 0 saturated heterocycles. The van der Waals surface area contributed by atoms with E-state index in [1.807, 2.05) is 12.2 Å². The van der Waals surface area contributed by atoms with E-state index in [4.69, 9.17) is 37.0 Å². The summed E-state index contributed by atoms with van der Waals surface area (Å²) in [5, 5.41) is 10.6. The molecule has 0 aromatic carbocycles. The van der Waals surface area contributed by atoms with Crippen LogP contribution in [-0.2, 0) is 65.4 Å². The molecule has 0 rings (SSSR count). The van der Waals surface area contributed by atoms with Crippen LogP contribution in [0.3, 0.4) is 0 Å². The highest BCUT2D eigenvalue weighted by Crippen LogP contribution is 2.45. The number of phosphoric ester groups is 2. The highest BCUT2D eigenvalue weighted by Gasteiger charge is 2.30. The van der Waals surface area contributed by atoms with E-state index in [0.29, 0.717) is 32.1 Å². The lowest BCUT2D eigenvalue weighted by Gasteiger charge is -2.21. The predicted molar refractivity (Wildman–Crippen MR) is 408 cm³/mol. The van der Waals surface area contributed by atoms with Gasteiger partial charge in [0.05, 0.1) is 26.4 Å². The van der Waals surface area contributed by atoms with Gasteiger partial charge in [0.1, 0.15) is 19.3 Å². The molecule has 0 bridgehead atoms. The number of aliphatic hydroxyl groups excluding tert-OH is 1. The Hall–Kier alpha value is -4.80. The molecule has 19 heteroatoms. The van der Waals surface area contributed by atoms with Crippen molar-refractivity contribution >= 4 is 39.5 Å². The lowest BCUT2D eigenvalue weighted by molar-refractivity contribution is -0.161. The Morgan fingerprint density at radius 2 is 0.530 bits per heavy atom. The van der Waals surface area contributed by atoms with Gasteiger partial charge in [-0.2, -0.15) is 0 Å². The zero-order valence-electron chi connectivity index (χ0n) is 62.3. The molecule has 5 atom stereocenters. The van der Waals surface area contributed by atoms with Gasteiger partial charge in [-0.15, -0.1) is 0 Å². The molecule has 0 aromatic heterocycles. The summed E-state index contributed by atoms with van der Waals surface area (Å²) in [4.78, 5) is 72.8. The van der Waals surface area contributed by atoms with Crippen LogP contribution >= 0.6 is 15.6 Å². The van der Waals surface area contributed by atoms with E-state index in [0.717, 1.165) is 154 Å². The number of hydrogen-bond acceptors (Lipinski definition) is 15. The van der Waals surface area contributed by atoms with Crippen molar-refractivity contribution in [1.82, 2.24) is 0 Å². The van der Waals surface area contributed by atoms with Gasteiger partial charge in [0, 0.05) is 25.7 Å². The van der Waals surface area contributed by atoms with E-state index in [-0.39, 0.29) is 25.7 Å². The average Bonchev–Trinajstić information content (AvgIpc) is 0.989. The van der Waals surface area contributed by atoms with E-state index >= 15 is 0 Å². The molecule has 5 unspecified atom stereocenters. The first-order chi connectivity index (χ1) is 48.7. The Balaban J connectivity index is 5.41. The fraction of sp³-hybridized carbons (Fsp3) is 0.679. The minimum absolute atomic E-state index is 0.0694. The number of unbranched alkanes of at least 4 members (excludes halogenated alkanes) is 23. The molecule has 0 heterocycles. The van der Waals surface area contributed by atoms with Crippen molar-refractivity contribution in [2.75, 3.05) is 39.6 Å². The third-order valence-electron chi connectivity index (χ3n) is 15.6. The van der Waals surface area contributed by atoms with Gasteiger partial charge in [-0.3, -0.25) is 37.3 Å². The first kappa shape index (κ1) is 95.2. The van der Waals surface area contributed by atoms with Gasteiger partial charge in [-0.05, 0) is 135 Å². The lowest BCUT2D eigenvalue weighted by atomic mass is 10.1. The van der Waals surface area contributed by atoms with Crippen LogP contribution < -0.4 is 0 Å². The molecule has 0 aromatic rings. The van der Waals surface area contributed by atoms with Gasteiger partial charge in [0.2, 0.25) is 0 Å². The Bertz CT molecular complexity index is 2420. The standard InChI is InChI=1S/C81H136O17P2/c1-5-9-13-17-21-25-29-32-35-37-40-42-46-49-53-57-61-65-78(83)91-71-76(97-80(85)67-63-59-55-51-45-28-24-20-16-12-8-4)73-95-99(87,88)93-69-75(82)70-94-100(89,90)96-74-77(98-81(86)68-64-60-56-52-48-44-39-34-31-27-23-19-15-11-7-3)72-92-79(84)66-62-58-54-50-47-43-41-38-36-33-30-26-22-18-14-10-6-2/h9-10,13-14,21-23,25-27,32-36,39-43,49,53,75-77,82H,5-8,11-12,15-20,24,28-31,37-38,44-48,50-52,54-74H2,1-4H3,(H,87,88)(H,89,90)/b13-9-,14-10-,25-21-,26-22-,27-23-,35-32-,36-33-,39-34-,42-40-,43-41-,53-49-.